The maximum absolute atomic E-state index is 12.5. The van der Waals surface area contributed by atoms with Crippen LogP contribution in [0, 0.1) is 0 Å². The molecule has 0 radical (unpaired) electrons. The van der Waals surface area contributed by atoms with Gasteiger partial charge in [0.25, 0.3) is 0 Å². The standard InChI is InChI=1S/C20H24N2O3S/c1-4-15-7-5-6-8-18(15)21-19(24)13-22(3)20(25)14(2)26-17-11-9-16(23)10-12-17/h5-12,14,23H,4,13H2,1-3H3,(H,21,24). The number of phenols is 1. The third kappa shape index (κ3) is 5.52. The van der Waals surface area contributed by atoms with Gasteiger partial charge in [0.15, 0.2) is 0 Å². The van der Waals surface area contributed by atoms with Gasteiger partial charge in [-0.2, -0.15) is 0 Å². The molecular weight excluding hydrogens is 348 g/mol. The fourth-order valence-electron chi connectivity index (χ4n) is 2.52. The summed E-state index contributed by atoms with van der Waals surface area (Å²) < 4.78 is 0. The van der Waals surface area contributed by atoms with Crippen molar-refractivity contribution >= 4 is 29.3 Å². The SMILES string of the molecule is CCc1ccccc1NC(=O)CN(C)C(=O)C(C)Sc1ccc(O)cc1. The smallest absolute Gasteiger partial charge is 0.243 e. The lowest BCUT2D eigenvalue weighted by Gasteiger charge is -2.21. The van der Waals surface area contributed by atoms with Gasteiger partial charge in [0.2, 0.25) is 11.8 Å². The third-order valence-corrected chi connectivity index (χ3v) is 5.03. The summed E-state index contributed by atoms with van der Waals surface area (Å²) in [6.07, 6.45) is 0.825. The Labute approximate surface area is 158 Å². The molecule has 0 heterocycles. The molecule has 138 valence electrons. The van der Waals surface area contributed by atoms with Crippen LogP contribution in [0.4, 0.5) is 5.69 Å². The average molecular weight is 372 g/mol. The molecule has 2 N–H and O–H groups in total. The average Bonchev–Trinajstić information content (AvgIpc) is 2.63. The number of amides is 2. The lowest BCUT2D eigenvalue weighted by atomic mass is 10.1. The Morgan fingerprint density at radius 3 is 2.46 bits per heavy atom. The highest BCUT2D eigenvalue weighted by Crippen LogP contribution is 2.26. The molecule has 0 aliphatic rings. The molecule has 2 amide bonds. The lowest BCUT2D eigenvalue weighted by Crippen LogP contribution is -2.39. The van der Waals surface area contributed by atoms with Crippen molar-refractivity contribution in [1.82, 2.24) is 4.90 Å². The van der Waals surface area contributed by atoms with Crippen LogP contribution in [0.2, 0.25) is 0 Å². The summed E-state index contributed by atoms with van der Waals surface area (Å²) in [5.41, 5.74) is 1.85. The van der Waals surface area contributed by atoms with Crippen molar-refractivity contribution in [2.45, 2.75) is 30.4 Å². The van der Waals surface area contributed by atoms with Gasteiger partial charge in [-0.25, -0.2) is 0 Å². The summed E-state index contributed by atoms with van der Waals surface area (Å²) in [6.45, 7) is 3.83. The Balaban J connectivity index is 1.90. The van der Waals surface area contributed by atoms with E-state index in [1.165, 1.54) is 16.7 Å². The molecule has 0 aromatic heterocycles. The van der Waals surface area contributed by atoms with Gasteiger partial charge < -0.3 is 15.3 Å². The van der Waals surface area contributed by atoms with Crippen LogP contribution < -0.4 is 5.32 Å². The fraction of sp³-hybridized carbons (Fsp3) is 0.300. The largest absolute Gasteiger partial charge is 0.508 e. The van der Waals surface area contributed by atoms with Gasteiger partial charge in [0.05, 0.1) is 11.8 Å². The molecule has 2 rings (SSSR count). The number of hydrogen-bond donors (Lipinski definition) is 2. The van der Waals surface area contributed by atoms with Crippen molar-refractivity contribution in [3.63, 3.8) is 0 Å². The monoisotopic (exact) mass is 372 g/mol. The quantitative estimate of drug-likeness (QED) is 0.730. The molecule has 0 spiro atoms. The molecule has 0 saturated heterocycles. The summed E-state index contributed by atoms with van der Waals surface area (Å²) in [7, 11) is 1.63. The van der Waals surface area contributed by atoms with Gasteiger partial charge in [-0.1, -0.05) is 25.1 Å². The molecule has 1 atom stereocenters. The first-order chi connectivity index (χ1) is 12.4. The highest BCUT2D eigenvalue weighted by atomic mass is 32.2. The minimum Gasteiger partial charge on any atom is -0.508 e. The number of para-hydroxylation sites is 1. The zero-order valence-electron chi connectivity index (χ0n) is 15.2. The van der Waals surface area contributed by atoms with Crippen molar-refractivity contribution in [1.29, 1.82) is 0 Å². The van der Waals surface area contributed by atoms with E-state index in [2.05, 4.69) is 5.32 Å². The lowest BCUT2D eigenvalue weighted by molar-refractivity contribution is -0.132. The molecule has 5 nitrogen and oxygen atoms in total. The Kier molecular flexibility index (Phi) is 7.09. The van der Waals surface area contributed by atoms with Gasteiger partial charge in [-0.15, -0.1) is 11.8 Å². The molecule has 0 aliphatic heterocycles. The molecule has 26 heavy (non-hydrogen) atoms. The highest BCUT2D eigenvalue weighted by Gasteiger charge is 2.20. The number of phenolic OH excluding ortho intramolecular Hbond substituents is 1. The molecule has 0 fully saturated rings. The van der Waals surface area contributed by atoms with Crippen molar-refractivity contribution in [2.24, 2.45) is 0 Å². The summed E-state index contributed by atoms with van der Waals surface area (Å²) in [5, 5.41) is 11.9. The van der Waals surface area contributed by atoms with Gasteiger partial charge in [-0.05, 0) is 49.2 Å². The van der Waals surface area contributed by atoms with Crippen LogP contribution in [0.25, 0.3) is 0 Å². The third-order valence-electron chi connectivity index (χ3n) is 3.93. The van der Waals surface area contributed by atoms with Crippen molar-refractivity contribution in [3.05, 3.63) is 54.1 Å². The van der Waals surface area contributed by atoms with Crippen LogP contribution in [0.1, 0.15) is 19.4 Å². The number of likely N-dealkylation sites (N-methyl/N-ethyl adjacent to an activating group) is 1. The Morgan fingerprint density at radius 1 is 1.15 bits per heavy atom. The van der Waals surface area contributed by atoms with E-state index in [9.17, 15) is 14.7 Å². The minimum absolute atomic E-state index is 0.00262. The number of nitrogens with zero attached hydrogens (tertiary/aromatic N) is 1. The number of hydrogen-bond acceptors (Lipinski definition) is 4. The number of aromatic hydroxyl groups is 1. The summed E-state index contributed by atoms with van der Waals surface area (Å²) in [6, 6.07) is 14.3. The number of anilines is 1. The van der Waals surface area contributed by atoms with Crippen LogP contribution in [0.3, 0.4) is 0 Å². The Morgan fingerprint density at radius 2 is 1.81 bits per heavy atom. The second-order valence-electron chi connectivity index (χ2n) is 6.01. The Hall–Kier alpha value is -2.47. The van der Waals surface area contributed by atoms with E-state index >= 15 is 0 Å². The van der Waals surface area contributed by atoms with E-state index in [0.29, 0.717) is 0 Å². The predicted molar refractivity (Wildman–Crippen MR) is 106 cm³/mol. The van der Waals surface area contributed by atoms with Gasteiger partial charge in [-0.3, -0.25) is 9.59 Å². The van der Waals surface area contributed by atoms with Crippen LogP contribution in [-0.4, -0.2) is 40.7 Å². The summed E-state index contributed by atoms with van der Waals surface area (Å²) in [4.78, 5) is 27.1. The molecule has 0 saturated carbocycles. The number of carbonyl (C=O) groups is 2. The normalized spacial score (nSPS) is 11.7. The van der Waals surface area contributed by atoms with E-state index in [0.717, 1.165) is 22.6 Å². The van der Waals surface area contributed by atoms with E-state index < -0.39 is 0 Å². The first kappa shape index (κ1) is 19.8. The molecule has 2 aromatic rings. The number of rotatable bonds is 7. The number of aryl methyl sites for hydroxylation is 1. The molecule has 6 heteroatoms. The number of benzene rings is 2. The maximum Gasteiger partial charge on any atom is 0.243 e. The van der Waals surface area contributed by atoms with E-state index in [-0.39, 0.29) is 29.4 Å². The second kappa shape index (κ2) is 9.29. The van der Waals surface area contributed by atoms with Crippen LogP contribution in [0.15, 0.2) is 53.4 Å². The van der Waals surface area contributed by atoms with Gasteiger partial charge in [0, 0.05) is 17.6 Å². The Bertz CT molecular complexity index is 762. The van der Waals surface area contributed by atoms with Crippen molar-refractivity contribution in [3.8, 4) is 5.75 Å². The number of thioether (sulfide) groups is 1. The van der Waals surface area contributed by atoms with Crippen LogP contribution >= 0.6 is 11.8 Å². The topological polar surface area (TPSA) is 69.6 Å². The van der Waals surface area contributed by atoms with Crippen molar-refractivity contribution in [2.75, 3.05) is 18.9 Å². The molecule has 0 bridgehead atoms. The second-order valence-corrected chi connectivity index (χ2v) is 7.42. The minimum atomic E-state index is -0.333. The van der Waals surface area contributed by atoms with Gasteiger partial charge in [0.1, 0.15) is 5.75 Å². The molecular formula is C20H24N2O3S. The van der Waals surface area contributed by atoms with E-state index in [1.807, 2.05) is 31.2 Å². The predicted octanol–water partition coefficient (Wildman–Crippen LogP) is 3.53. The highest BCUT2D eigenvalue weighted by molar-refractivity contribution is 8.00. The van der Waals surface area contributed by atoms with Crippen LogP contribution in [0.5, 0.6) is 5.75 Å². The molecule has 2 aromatic carbocycles. The first-order valence-corrected chi connectivity index (χ1v) is 9.37. The van der Waals surface area contributed by atoms with Gasteiger partial charge >= 0.3 is 0 Å². The zero-order valence-corrected chi connectivity index (χ0v) is 16.0. The number of carbonyl (C=O) groups excluding carboxylic acids is 2. The van der Waals surface area contributed by atoms with Crippen molar-refractivity contribution < 1.29 is 14.7 Å². The summed E-state index contributed by atoms with van der Waals surface area (Å²) >= 11 is 1.39. The van der Waals surface area contributed by atoms with E-state index in [4.69, 9.17) is 0 Å². The maximum atomic E-state index is 12.5. The fourth-order valence-corrected chi connectivity index (χ4v) is 3.51. The summed E-state index contributed by atoms with van der Waals surface area (Å²) in [5.74, 6) is -0.153. The molecule has 1 unspecified atom stereocenters. The van der Waals surface area contributed by atoms with E-state index in [1.54, 1.807) is 38.2 Å². The zero-order chi connectivity index (χ0) is 19.1. The first-order valence-electron chi connectivity index (χ1n) is 8.49. The van der Waals surface area contributed by atoms with Crippen LogP contribution in [-0.2, 0) is 16.0 Å². The number of nitrogens with one attached hydrogen (secondary N) is 1. The molecule has 0 aliphatic carbocycles.